The Hall–Kier alpha value is -2.31. The van der Waals surface area contributed by atoms with Crippen molar-refractivity contribution < 1.29 is 9.53 Å². The van der Waals surface area contributed by atoms with Gasteiger partial charge in [-0.2, -0.15) is 5.10 Å². The van der Waals surface area contributed by atoms with Crippen LogP contribution in [0, 0.1) is 0 Å². The molecule has 1 heterocycles. The third-order valence-corrected chi connectivity index (χ3v) is 4.46. The maximum absolute atomic E-state index is 11.9. The van der Waals surface area contributed by atoms with Crippen LogP contribution in [-0.4, -0.2) is 22.3 Å². The van der Waals surface area contributed by atoms with Crippen molar-refractivity contribution in [3.8, 4) is 5.75 Å². The fourth-order valence-corrected chi connectivity index (χ4v) is 3.06. The second kappa shape index (κ2) is 8.87. The Morgan fingerprint density at radius 2 is 1.96 bits per heavy atom. The van der Waals surface area contributed by atoms with Crippen molar-refractivity contribution in [1.29, 1.82) is 0 Å². The standard InChI is InChI=1S/C19H17BrClN3O2/c20-16-6-7-18(17(21)10-16)26-13-19(25)22-11-14-2-4-15(5-3-14)12-24-9-1-8-23-24/h1-10H,11-13H2,(H,22,25). The molecule has 0 bridgehead atoms. The van der Waals surface area contributed by atoms with E-state index in [9.17, 15) is 4.79 Å². The first-order valence-electron chi connectivity index (χ1n) is 8.00. The van der Waals surface area contributed by atoms with Gasteiger partial charge in [0.1, 0.15) is 5.75 Å². The van der Waals surface area contributed by atoms with Crippen LogP contribution in [0.3, 0.4) is 0 Å². The molecule has 3 rings (SSSR count). The van der Waals surface area contributed by atoms with E-state index in [2.05, 4.69) is 26.3 Å². The van der Waals surface area contributed by atoms with Crippen molar-refractivity contribution in [1.82, 2.24) is 15.1 Å². The van der Waals surface area contributed by atoms with Gasteiger partial charge >= 0.3 is 0 Å². The van der Waals surface area contributed by atoms with Crippen molar-refractivity contribution >= 4 is 33.4 Å². The second-order valence-corrected chi connectivity index (χ2v) is 6.98. The Kier molecular flexibility index (Phi) is 6.30. The van der Waals surface area contributed by atoms with Gasteiger partial charge < -0.3 is 10.1 Å². The molecule has 0 saturated heterocycles. The molecule has 0 radical (unpaired) electrons. The average Bonchev–Trinajstić information content (AvgIpc) is 3.13. The van der Waals surface area contributed by atoms with E-state index < -0.39 is 0 Å². The molecule has 7 heteroatoms. The SMILES string of the molecule is O=C(COc1ccc(Br)cc1Cl)NCc1ccc(Cn2cccn2)cc1. The van der Waals surface area contributed by atoms with Crippen LogP contribution in [0.15, 0.2) is 65.4 Å². The van der Waals surface area contributed by atoms with Crippen molar-refractivity contribution in [2.75, 3.05) is 6.61 Å². The van der Waals surface area contributed by atoms with Crippen LogP contribution >= 0.6 is 27.5 Å². The molecule has 134 valence electrons. The van der Waals surface area contributed by atoms with E-state index in [1.165, 1.54) is 0 Å². The molecule has 1 amide bonds. The molecule has 0 aliphatic rings. The van der Waals surface area contributed by atoms with E-state index in [0.29, 0.717) is 17.3 Å². The van der Waals surface area contributed by atoms with E-state index in [0.717, 1.165) is 22.1 Å². The van der Waals surface area contributed by atoms with Gasteiger partial charge in [0.15, 0.2) is 6.61 Å². The predicted molar refractivity (Wildman–Crippen MR) is 104 cm³/mol. The lowest BCUT2D eigenvalue weighted by atomic mass is 10.1. The first-order valence-corrected chi connectivity index (χ1v) is 9.17. The second-order valence-electron chi connectivity index (χ2n) is 5.66. The average molecular weight is 435 g/mol. The van der Waals surface area contributed by atoms with Gasteiger partial charge in [0.25, 0.3) is 5.91 Å². The number of hydrogen-bond donors (Lipinski definition) is 1. The van der Waals surface area contributed by atoms with Crippen LogP contribution in [0.25, 0.3) is 0 Å². The van der Waals surface area contributed by atoms with Gasteiger partial charge in [-0.3, -0.25) is 9.48 Å². The van der Waals surface area contributed by atoms with Gasteiger partial charge in [0.2, 0.25) is 0 Å². The Bertz CT molecular complexity index is 867. The molecule has 0 aliphatic carbocycles. The highest BCUT2D eigenvalue weighted by Crippen LogP contribution is 2.27. The fourth-order valence-electron chi connectivity index (χ4n) is 2.33. The van der Waals surface area contributed by atoms with Gasteiger partial charge in [0, 0.05) is 23.4 Å². The smallest absolute Gasteiger partial charge is 0.258 e. The molecule has 0 aliphatic heterocycles. The van der Waals surface area contributed by atoms with Crippen LogP contribution in [0.5, 0.6) is 5.75 Å². The minimum atomic E-state index is -0.204. The van der Waals surface area contributed by atoms with Crippen molar-refractivity contribution in [2.45, 2.75) is 13.1 Å². The fraction of sp³-hybridized carbons (Fsp3) is 0.158. The maximum atomic E-state index is 11.9. The Morgan fingerprint density at radius 1 is 1.19 bits per heavy atom. The number of ether oxygens (including phenoxy) is 1. The third-order valence-electron chi connectivity index (χ3n) is 3.67. The van der Waals surface area contributed by atoms with Crippen LogP contribution in [0.1, 0.15) is 11.1 Å². The minimum absolute atomic E-state index is 0.0846. The molecule has 2 aromatic carbocycles. The van der Waals surface area contributed by atoms with E-state index >= 15 is 0 Å². The zero-order valence-electron chi connectivity index (χ0n) is 13.9. The molecule has 0 atom stereocenters. The van der Waals surface area contributed by atoms with Crippen LogP contribution in [-0.2, 0) is 17.9 Å². The number of hydrogen-bond acceptors (Lipinski definition) is 3. The first kappa shape index (κ1) is 18.5. The van der Waals surface area contributed by atoms with Crippen LogP contribution in [0.2, 0.25) is 5.02 Å². The highest BCUT2D eigenvalue weighted by Gasteiger charge is 2.06. The number of rotatable bonds is 7. The number of amides is 1. The summed E-state index contributed by atoms with van der Waals surface area (Å²) in [5, 5.41) is 7.47. The molecule has 0 unspecified atom stereocenters. The highest BCUT2D eigenvalue weighted by molar-refractivity contribution is 9.10. The summed E-state index contributed by atoms with van der Waals surface area (Å²) in [5.74, 6) is 0.276. The summed E-state index contributed by atoms with van der Waals surface area (Å²) < 4.78 is 8.16. The third kappa shape index (κ3) is 5.34. The number of nitrogens with one attached hydrogen (secondary N) is 1. The quantitative estimate of drug-likeness (QED) is 0.610. The molecule has 26 heavy (non-hydrogen) atoms. The largest absolute Gasteiger partial charge is 0.482 e. The van der Waals surface area contributed by atoms with Gasteiger partial charge in [-0.15, -0.1) is 0 Å². The molecule has 5 nitrogen and oxygen atoms in total. The Morgan fingerprint density at radius 3 is 2.65 bits per heavy atom. The Balaban J connectivity index is 1.45. The number of benzene rings is 2. The van der Waals surface area contributed by atoms with Crippen molar-refractivity contribution in [3.63, 3.8) is 0 Å². The van der Waals surface area contributed by atoms with Crippen LogP contribution in [0.4, 0.5) is 0 Å². The number of carbonyl (C=O) groups is 1. The molecule has 1 N–H and O–H groups in total. The summed E-state index contributed by atoms with van der Waals surface area (Å²) in [6.45, 7) is 1.08. The monoisotopic (exact) mass is 433 g/mol. The zero-order valence-corrected chi connectivity index (χ0v) is 16.2. The summed E-state index contributed by atoms with van der Waals surface area (Å²) in [4.78, 5) is 11.9. The summed E-state index contributed by atoms with van der Waals surface area (Å²) in [6, 6.07) is 15.2. The van der Waals surface area contributed by atoms with E-state index in [4.69, 9.17) is 16.3 Å². The molecule has 0 spiro atoms. The topological polar surface area (TPSA) is 56.1 Å². The highest BCUT2D eigenvalue weighted by atomic mass is 79.9. The Labute approximate surface area is 165 Å². The number of halogens is 2. The minimum Gasteiger partial charge on any atom is -0.482 e. The van der Waals surface area contributed by atoms with Gasteiger partial charge in [0.05, 0.1) is 11.6 Å². The zero-order chi connectivity index (χ0) is 18.4. The first-order chi connectivity index (χ1) is 12.6. The molecule has 1 aromatic heterocycles. The molecule has 0 fully saturated rings. The summed E-state index contributed by atoms with van der Waals surface area (Å²) in [7, 11) is 0. The molecule has 3 aromatic rings. The van der Waals surface area contributed by atoms with E-state index in [1.54, 1.807) is 18.3 Å². The van der Waals surface area contributed by atoms with Crippen LogP contribution < -0.4 is 10.1 Å². The van der Waals surface area contributed by atoms with Crippen molar-refractivity contribution in [2.24, 2.45) is 0 Å². The van der Waals surface area contributed by atoms with E-state index in [-0.39, 0.29) is 12.5 Å². The number of nitrogens with zero attached hydrogens (tertiary/aromatic N) is 2. The molecular formula is C19H17BrClN3O2. The van der Waals surface area contributed by atoms with E-state index in [1.807, 2.05) is 47.3 Å². The van der Waals surface area contributed by atoms with Crippen molar-refractivity contribution in [3.05, 3.63) is 81.5 Å². The molecular weight excluding hydrogens is 418 g/mol. The predicted octanol–water partition coefficient (Wildman–Crippen LogP) is 4.04. The van der Waals surface area contributed by atoms with Gasteiger partial charge in [-0.1, -0.05) is 51.8 Å². The summed E-state index contributed by atoms with van der Waals surface area (Å²) in [6.07, 6.45) is 3.68. The van der Waals surface area contributed by atoms with Gasteiger partial charge in [-0.05, 0) is 35.4 Å². The lowest BCUT2D eigenvalue weighted by Crippen LogP contribution is -2.28. The lowest BCUT2D eigenvalue weighted by Gasteiger charge is -2.09. The number of carbonyl (C=O) groups excluding carboxylic acids is 1. The maximum Gasteiger partial charge on any atom is 0.258 e. The lowest BCUT2D eigenvalue weighted by molar-refractivity contribution is -0.123. The summed E-state index contributed by atoms with van der Waals surface area (Å²) in [5.41, 5.74) is 2.17. The molecule has 0 saturated carbocycles. The normalized spacial score (nSPS) is 10.5. The summed E-state index contributed by atoms with van der Waals surface area (Å²) >= 11 is 9.38. The number of aromatic nitrogens is 2. The van der Waals surface area contributed by atoms with Gasteiger partial charge in [-0.25, -0.2) is 0 Å².